The average molecular weight is 480 g/mol. The van der Waals surface area contributed by atoms with Gasteiger partial charge in [0.2, 0.25) is 0 Å². The second-order valence-electron chi connectivity index (χ2n) is 10.5. The number of carbonyl (C=O) groups excluding carboxylic acids is 2. The van der Waals surface area contributed by atoms with E-state index in [4.69, 9.17) is 9.47 Å². The van der Waals surface area contributed by atoms with Gasteiger partial charge in [-0.3, -0.25) is 9.69 Å². The molecule has 0 atom stereocenters. The largest absolute Gasteiger partial charge is 0.460 e. The van der Waals surface area contributed by atoms with Crippen molar-refractivity contribution >= 4 is 17.7 Å². The molecular formula is C28H37N3O4. The van der Waals surface area contributed by atoms with Crippen molar-refractivity contribution in [1.29, 1.82) is 0 Å². The van der Waals surface area contributed by atoms with Gasteiger partial charge in [0, 0.05) is 57.4 Å². The zero-order valence-electron chi connectivity index (χ0n) is 21.1. The highest BCUT2D eigenvalue weighted by Crippen LogP contribution is 2.26. The standard InChI is InChI=1S/C28H37N3O4/c1-28(2,3)35-26(32)17-22-9-11-25(12-10-22)31-19-24(20-31)18-29-13-15-30(16-14-29)27(33)34-21-23-7-5-4-6-8-23/h4-12,24H,13-21H2,1-3H3. The van der Waals surface area contributed by atoms with Crippen molar-refractivity contribution in [3.8, 4) is 0 Å². The molecule has 188 valence electrons. The molecule has 0 bridgehead atoms. The highest BCUT2D eigenvalue weighted by Gasteiger charge is 2.30. The van der Waals surface area contributed by atoms with Crippen molar-refractivity contribution in [3.63, 3.8) is 0 Å². The Morgan fingerprint density at radius 2 is 1.54 bits per heavy atom. The van der Waals surface area contributed by atoms with Crippen LogP contribution in [0.4, 0.5) is 10.5 Å². The summed E-state index contributed by atoms with van der Waals surface area (Å²) in [4.78, 5) is 31.0. The van der Waals surface area contributed by atoms with E-state index in [-0.39, 0.29) is 12.1 Å². The number of ether oxygens (including phenoxy) is 2. The molecule has 0 saturated carbocycles. The molecular weight excluding hydrogens is 442 g/mol. The Labute approximate surface area is 208 Å². The van der Waals surface area contributed by atoms with Crippen molar-refractivity contribution in [3.05, 3.63) is 65.7 Å². The van der Waals surface area contributed by atoms with E-state index in [0.717, 1.165) is 43.9 Å². The smallest absolute Gasteiger partial charge is 0.410 e. The normalized spacial score (nSPS) is 17.1. The van der Waals surface area contributed by atoms with Crippen LogP contribution < -0.4 is 4.90 Å². The molecule has 35 heavy (non-hydrogen) atoms. The summed E-state index contributed by atoms with van der Waals surface area (Å²) >= 11 is 0. The molecule has 2 fully saturated rings. The molecule has 2 aromatic carbocycles. The average Bonchev–Trinajstić information content (AvgIpc) is 2.80. The van der Waals surface area contributed by atoms with E-state index in [2.05, 4.69) is 21.9 Å². The lowest BCUT2D eigenvalue weighted by Crippen LogP contribution is -2.55. The summed E-state index contributed by atoms with van der Waals surface area (Å²) in [5, 5.41) is 0. The molecule has 7 heteroatoms. The Balaban J connectivity index is 1.13. The lowest BCUT2D eigenvalue weighted by molar-refractivity contribution is -0.153. The molecule has 0 N–H and O–H groups in total. The maximum atomic E-state index is 12.4. The van der Waals surface area contributed by atoms with E-state index < -0.39 is 5.60 Å². The molecule has 4 rings (SSSR count). The van der Waals surface area contributed by atoms with E-state index in [9.17, 15) is 9.59 Å². The first-order valence-electron chi connectivity index (χ1n) is 12.5. The van der Waals surface area contributed by atoms with E-state index >= 15 is 0 Å². The molecule has 0 radical (unpaired) electrons. The fourth-order valence-corrected chi connectivity index (χ4v) is 4.55. The fraction of sp³-hybridized carbons (Fsp3) is 0.500. The predicted molar refractivity (Wildman–Crippen MR) is 136 cm³/mol. The first kappa shape index (κ1) is 25.0. The minimum absolute atomic E-state index is 0.196. The van der Waals surface area contributed by atoms with Crippen LogP contribution >= 0.6 is 0 Å². The van der Waals surface area contributed by atoms with Crippen LogP contribution in [0.1, 0.15) is 31.9 Å². The van der Waals surface area contributed by atoms with Gasteiger partial charge >= 0.3 is 12.1 Å². The maximum Gasteiger partial charge on any atom is 0.410 e. The number of nitrogens with zero attached hydrogens (tertiary/aromatic N) is 3. The third-order valence-corrected chi connectivity index (χ3v) is 6.38. The van der Waals surface area contributed by atoms with Crippen molar-refractivity contribution in [1.82, 2.24) is 9.80 Å². The van der Waals surface area contributed by atoms with Crippen molar-refractivity contribution < 1.29 is 19.1 Å². The molecule has 2 aliphatic rings. The highest BCUT2D eigenvalue weighted by molar-refractivity contribution is 5.73. The third kappa shape index (κ3) is 7.46. The van der Waals surface area contributed by atoms with Crippen LogP contribution in [0, 0.1) is 5.92 Å². The summed E-state index contributed by atoms with van der Waals surface area (Å²) in [6, 6.07) is 18.0. The van der Waals surface area contributed by atoms with Crippen molar-refractivity contribution in [2.45, 2.75) is 39.4 Å². The third-order valence-electron chi connectivity index (χ3n) is 6.38. The SMILES string of the molecule is CC(C)(C)OC(=O)Cc1ccc(N2CC(CN3CCN(C(=O)OCc4ccccc4)CC3)C2)cc1. The van der Waals surface area contributed by atoms with Crippen LogP contribution in [0.15, 0.2) is 54.6 Å². The lowest BCUT2D eigenvalue weighted by Gasteiger charge is -2.44. The zero-order valence-corrected chi connectivity index (χ0v) is 21.1. The Morgan fingerprint density at radius 1 is 0.886 bits per heavy atom. The highest BCUT2D eigenvalue weighted by atomic mass is 16.6. The summed E-state index contributed by atoms with van der Waals surface area (Å²) in [5.41, 5.74) is 2.72. The van der Waals surface area contributed by atoms with Gasteiger partial charge in [-0.05, 0) is 44.0 Å². The summed E-state index contributed by atoms with van der Waals surface area (Å²) in [7, 11) is 0. The van der Waals surface area contributed by atoms with Gasteiger partial charge in [0.15, 0.2) is 0 Å². The second kappa shape index (κ2) is 11.1. The van der Waals surface area contributed by atoms with Gasteiger partial charge in [-0.2, -0.15) is 0 Å². The summed E-state index contributed by atoms with van der Waals surface area (Å²) in [6.07, 6.45) is 0.0739. The number of hydrogen-bond donors (Lipinski definition) is 0. The Bertz CT molecular complexity index is 974. The van der Waals surface area contributed by atoms with E-state index in [1.165, 1.54) is 5.69 Å². The number of rotatable bonds is 7. The van der Waals surface area contributed by atoms with E-state index in [1.54, 1.807) is 0 Å². The molecule has 0 unspecified atom stereocenters. The number of esters is 1. The predicted octanol–water partition coefficient (Wildman–Crippen LogP) is 3.96. The van der Waals surface area contributed by atoms with Gasteiger partial charge < -0.3 is 19.3 Å². The van der Waals surface area contributed by atoms with Gasteiger partial charge in [-0.15, -0.1) is 0 Å². The second-order valence-corrected chi connectivity index (χ2v) is 10.5. The molecule has 0 aromatic heterocycles. The van der Waals surface area contributed by atoms with Crippen molar-refractivity contribution in [2.75, 3.05) is 50.7 Å². The Hall–Kier alpha value is -3.06. The summed E-state index contributed by atoms with van der Waals surface area (Å²) in [6.45, 7) is 12.3. The van der Waals surface area contributed by atoms with Crippen molar-refractivity contribution in [2.24, 2.45) is 5.92 Å². The molecule has 0 aliphatic carbocycles. The van der Waals surface area contributed by atoms with Gasteiger partial charge in [0.1, 0.15) is 12.2 Å². The maximum absolute atomic E-state index is 12.4. The van der Waals surface area contributed by atoms with Gasteiger partial charge in [0.05, 0.1) is 6.42 Å². The summed E-state index contributed by atoms with van der Waals surface area (Å²) in [5.74, 6) is 0.437. The van der Waals surface area contributed by atoms with Gasteiger partial charge in [-0.25, -0.2) is 4.79 Å². The molecule has 0 spiro atoms. The monoisotopic (exact) mass is 479 g/mol. The van der Waals surface area contributed by atoms with Crippen LogP contribution in [0.2, 0.25) is 0 Å². The molecule has 2 heterocycles. The number of hydrogen-bond acceptors (Lipinski definition) is 6. The minimum Gasteiger partial charge on any atom is -0.460 e. The molecule has 2 aromatic rings. The van der Waals surface area contributed by atoms with Gasteiger partial charge in [-0.1, -0.05) is 42.5 Å². The number of carbonyl (C=O) groups is 2. The minimum atomic E-state index is -0.456. The van der Waals surface area contributed by atoms with Crippen LogP contribution in [-0.4, -0.2) is 73.3 Å². The fourth-order valence-electron chi connectivity index (χ4n) is 4.55. The van der Waals surface area contributed by atoms with Crippen LogP contribution in [0.3, 0.4) is 0 Å². The van der Waals surface area contributed by atoms with E-state index in [0.29, 0.717) is 32.0 Å². The molecule has 2 saturated heterocycles. The number of benzene rings is 2. The van der Waals surface area contributed by atoms with Crippen LogP contribution in [-0.2, 0) is 27.3 Å². The quantitative estimate of drug-likeness (QED) is 0.560. The number of piperazine rings is 1. The molecule has 1 amide bonds. The number of anilines is 1. The number of amides is 1. The molecule has 7 nitrogen and oxygen atoms in total. The van der Waals surface area contributed by atoms with Crippen LogP contribution in [0.25, 0.3) is 0 Å². The first-order chi connectivity index (χ1) is 16.7. The topological polar surface area (TPSA) is 62.3 Å². The van der Waals surface area contributed by atoms with Gasteiger partial charge in [0.25, 0.3) is 0 Å². The zero-order chi connectivity index (χ0) is 24.8. The molecule has 2 aliphatic heterocycles. The summed E-state index contributed by atoms with van der Waals surface area (Å²) < 4.78 is 10.9. The van der Waals surface area contributed by atoms with Crippen LogP contribution in [0.5, 0.6) is 0 Å². The van der Waals surface area contributed by atoms with E-state index in [1.807, 2.05) is 68.1 Å². The Kier molecular flexibility index (Phi) is 7.96. The lowest BCUT2D eigenvalue weighted by atomic mass is 9.97. The first-order valence-corrected chi connectivity index (χ1v) is 12.5. The Morgan fingerprint density at radius 3 is 2.17 bits per heavy atom.